The lowest BCUT2D eigenvalue weighted by Crippen LogP contribution is -2.30. The Labute approximate surface area is 168 Å². The average molecular weight is 417 g/mol. The van der Waals surface area contributed by atoms with Gasteiger partial charge < -0.3 is 15.2 Å². The number of anilines is 1. The monoisotopic (exact) mass is 417 g/mol. The normalized spacial score (nSPS) is 21.5. The van der Waals surface area contributed by atoms with E-state index < -0.39 is 22.1 Å². The smallest absolute Gasteiger partial charge is 0.354 e. The minimum Gasteiger partial charge on any atom is -0.474 e. The number of carbonyl (C=O) groups is 1. The number of aliphatic hydroxyl groups is 1. The van der Waals surface area contributed by atoms with Crippen LogP contribution in [0.5, 0.6) is 5.88 Å². The standard InChI is InChI=1S/C19H23N5O4S/c20-29(27,16-8-21-24-9-13(25)10-28-18(16)24)23-19(26)22-17-14-5-1-3-11(14)7-12-4-2-6-15(12)17/h7-8,13,25H,1-6,9-10H2,(H3,20,22,23,26,27)/t13-,29?/m1/s1. The van der Waals surface area contributed by atoms with Gasteiger partial charge in [-0.25, -0.2) is 18.8 Å². The zero-order valence-corrected chi connectivity index (χ0v) is 16.7. The van der Waals surface area contributed by atoms with E-state index in [9.17, 15) is 14.1 Å². The molecule has 2 aliphatic carbocycles. The highest BCUT2D eigenvalue weighted by molar-refractivity contribution is 7.91. The van der Waals surface area contributed by atoms with Crippen LogP contribution in [0.4, 0.5) is 10.5 Å². The molecule has 9 nitrogen and oxygen atoms in total. The Bertz CT molecular complexity index is 1100. The highest BCUT2D eigenvalue weighted by Crippen LogP contribution is 2.38. The van der Waals surface area contributed by atoms with Crippen LogP contribution in [0, 0.1) is 0 Å². The van der Waals surface area contributed by atoms with Gasteiger partial charge in [-0.2, -0.15) is 5.10 Å². The van der Waals surface area contributed by atoms with Crippen molar-refractivity contribution in [3.63, 3.8) is 0 Å². The molecule has 154 valence electrons. The van der Waals surface area contributed by atoms with Gasteiger partial charge in [-0.05, 0) is 60.8 Å². The van der Waals surface area contributed by atoms with Crippen molar-refractivity contribution >= 4 is 21.6 Å². The van der Waals surface area contributed by atoms with E-state index in [2.05, 4.69) is 20.8 Å². The van der Waals surface area contributed by atoms with E-state index >= 15 is 0 Å². The Morgan fingerprint density at radius 3 is 2.66 bits per heavy atom. The molecule has 0 bridgehead atoms. The summed E-state index contributed by atoms with van der Waals surface area (Å²) < 4.78 is 23.6. The third-order valence-corrected chi connectivity index (χ3v) is 7.14. The lowest BCUT2D eigenvalue weighted by molar-refractivity contribution is 0.0538. The van der Waals surface area contributed by atoms with E-state index in [-0.39, 0.29) is 23.9 Å². The second-order valence-electron chi connectivity index (χ2n) is 7.79. The molecule has 1 aromatic heterocycles. The van der Waals surface area contributed by atoms with Gasteiger partial charge in [0.2, 0.25) is 5.88 Å². The van der Waals surface area contributed by atoms with E-state index in [4.69, 9.17) is 9.88 Å². The molecular formula is C19H23N5O4S. The largest absolute Gasteiger partial charge is 0.474 e. The van der Waals surface area contributed by atoms with E-state index in [1.165, 1.54) is 22.0 Å². The van der Waals surface area contributed by atoms with Gasteiger partial charge in [0, 0.05) is 5.69 Å². The molecule has 1 aliphatic heterocycles. The van der Waals surface area contributed by atoms with Gasteiger partial charge in [0.25, 0.3) is 0 Å². The van der Waals surface area contributed by atoms with Gasteiger partial charge in [0.1, 0.15) is 17.6 Å². The van der Waals surface area contributed by atoms with Crippen molar-refractivity contribution in [2.24, 2.45) is 9.50 Å². The number of aryl methyl sites for hydroxylation is 2. The number of hydrogen-bond donors (Lipinski definition) is 3. The summed E-state index contributed by atoms with van der Waals surface area (Å²) in [5, 5.41) is 22.5. The summed E-state index contributed by atoms with van der Waals surface area (Å²) >= 11 is 0. The van der Waals surface area contributed by atoms with E-state index in [1.807, 2.05) is 0 Å². The van der Waals surface area contributed by atoms with Crippen molar-refractivity contribution in [1.29, 1.82) is 0 Å². The van der Waals surface area contributed by atoms with Crippen molar-refractivity contribution in [2.45, 2.75) is 56.1 Å². The van der Waals surface area contributed by atoms with Crippen LogP contribution in [0.25, 0.3) is 0 Å². The minimum absolute atomic E-state index is 0.0443. The molecule has 0 spiro atoms. The maximum Gasteiger partial charge on any atom is 0.354 e. The fourth-order valence-electron chi connectivity index (χ4n) is 4.53. The molecule has 0 saturated heterocycles. The molecule has 3 aliphatic rings. The topological polar surface area (TPSA) is 132 Å². The van der Waals surface area contributed by atoms with Gasteiger partial charge >= 0.3 is 6.03 Å². The Balaban J connectivity index is 1.47. The second-order valence-corrected chi connectivity index (χ2v) is 9.54. The third-order valence-electron chi connectivity index (χ3n) is 5.79. The molecule has 5 rings (SSSR count). The van der Waals surface area contributed by atoms with Gasteiger partial charge in [-0.1, -0.05) is 6.07 Å². The average Bonchev–Trinajstić information content (AvgIpc) is 3.39. The summed E-state index contributed by atoms with van der Waals surface area (Å²) in [5.41, 5.74) is 5.72. The number of rotatable bonds is 2. The molecule has 0 fully saturated rings. The van der Waals surface area contributed by atoms with Crippen LogP contribution in [0.2, 0.25) is 0 Å². The number of carbonyl (C=O) groups excluding carboxylic acids is 1. The molecule has 1 aromatic carbocycles. The molecule has 2 heterocycles. The fraction of sp³-hybridized carbons (Fsp3) is 0.474. The lowest BCUT2D eigenvalue weighted by Gasteiger charge is -2.20. The Kier molecular flexibility index (Phi) is 4.37. The number of urea groups is 1. The summed E-state index contributed by atoms with van der Waals surface area (Å²) in [6.45, 7) is 0.252. The van der Waals surface area contributed by atoms with Gasteiger partial charge in [-0.3, -0.25) is 0 Å². The predicted molar refractivity (Wildman–Crippen MR) is 106 cm³/mol. The first-order chi connectivity index (χ1) is 13.9. The molecule has 4 N–H and O–H groups in total. The second kappa shape index (κ2) is 6.82. The van der Waals surface area contributed by atoms with Gasteiger partial charge in [0.05, 0.1) is 12.7 Å². The van der Waals surface area contributed by atoms with Crippen LogP contribution in [0.1, 0.15) is 35.1 Å². The van der Waals surface area contributed by atoms with Crippen LogP contribution < -0.4 is 15.2 Å². The molecule has 2 atom stereocenters. The van der Waals surface area contributed by atoms with E-state index in [1.54, 1.807) is 0 Å². The maximum absolute atomic E-state index is 13.0. The van der Waals surface area contributed by atoms with Crippen LogP contribution >= 0.6 is 0 Å². The van der Waals surface area contributed by atoms with Gasteiger partial charge in [0.15, 0.2) is 9.92 Å². The lowest BCUT2D eigenvalue weighted by atomic mass is 9.99. The van der Waals surface area contributed by atoms with Crippen molar-refractivity contribution in [2.75, 3.05) is 11.9 Å². The minimum atomic E-state index is -3.55. The molecule has 2 aromatic rings. The van der Waals surface area contributed by atoms with Crippen LogP contribution in [-0.2, 0) is 42.1 Å². The molecule has 1 unspecified atom stereocenters. The Morgan fingerprint density at radius 1 is 1.28 bits per heavy atom. The molecular weight excluding hydrogens is 394 g/mol. The Hall–Kier alpha value is -2.43. The third kappa shape index (κ3) is 3.21. The maximum atomic E-state index is 13.0. The summed E-state index contributed by atoms with van der Waals surface area (Å²) in [6, 6.07) is 1.54. The van der Waals surface area contributed by atoms with Gasteiger partial charge in [-0.15, -0.1) is 4.36 Å². The number of benzene rings is 1. The molecule has 29 heavy (non-hydrogen) atoms. The number of aromatic nitrogens is 2. The molecule has 10 heteroatoms. The zero-order valence-electron chi connectivity index (χ0n) is 15.9. The summed E-state index contributed by atoms with van der Waals surface area (Å²) in [5.74, 6) is 0.181. The number of nitrogens with zero attached hydrogens (tertiary/aromatic N) is 3. The molecule has 2 amide bonds. The number of aliphatic hydroxyl groups excluding tert-OH is 1. The number of nitrogens with two attached hydrogens (primary N) is 1. The van der Waals surface area contributed by atoms with Crippen LogP contribution in [-0.4, -0.2) is 37.8 Å². The van der Waals surface area contributed by atoms with Crippen LogP contribution in [0.15, 0.2) is 21.5 Å². The number of fused-ring (bicyclic) bond motifs is 3. The molecule has 0 saturated carbocycles. The predicted octanol–water partition coefficient (Wildman–Crippen LogP) is 1.55. The fourth-order valence-corrected chi connectivity index (χ4v) is 5.53. The number of amides is 2. The zero-order chi connectivity index (χ0) is 20.2. The molecule has 0 radical (unpaired) electrons. The SMILES string of the molecule is NS(=O)(=NC(=O)Nc1c2c(cc3c1CCC3)CCC2)c1cnn2c1OC[C@H](O)C2. The first kappa shape index (κ1) is 18.6. The van der Waals surface area contributed by atoms with Crippen LogP contribution in [0.3, 0.4) is 0 Å². The first-order valence-corrected chi connectivity index (χ1v) is 11.4. The first-order valence-electron chi connectivity index (χ1n) is 9.81. The highest BCUT2D eigenvalue weighted by Gasteiger charge is 2.28. The van der Waals surface area contributed by atoms with Crippen molar-refractivity contribution in [1.82, 2.24) is 9.78 Å². The summed E-state index contributed by atoms with van der Waals surface area (Å²) in [6.07, 6.45) is 6.59. The van der Waals surface area contributed by atoms with Crippen molar-refractivity contribution < 1.29 is 18.8 Å². The van der Waals surface area contributed by atoms with Crippen molar-refractivity contribution in [3.05, 3.63) is 34.5 Å². The number of nitrogens with one attached hydrogen (secondary N) is 1. The van der Waals surface area contributed by atoms with Crippen molar-refractivity contribution in [3.8, 4) is 5.88 Å². The number of hydrogen-bond acceptors (Lipinski definition) is 5. The Morgan fingerprint density at radius 2 is 1.97 bits per heavy atom. The highest BCUT2D eigenvalue weighted by atomic mass is 32.2. The summed E-state index contributed by atoms with van der Waals surface area (Å²) in [4.78, 5) is 12.8. The quantitative estimate of drug-likeness (QED) is 0.682. The van der Waals surface area contributed by atoms with E-state index in [0.29, 0.717) is 0 Å². The van der Waals surface area contributed by atoms with E-state index in [0.717, 1.165) is 55.3 Å². The summed E-state index contributed by atoms with van der Waals surface area (Å²) in [7, 11) is -3.55. The number of ether oxygens (including phenoxy) is 1.